The molecule has 0 amide bonds. The van der Waals surface area contributed by atoms with E-state index in [-0.39, 0.29) is 25.2 Å². The Labute approximate surface area is 371 Å². The Morgan fingerprint density at radius 1 is 0.383 bits per heavy atom. The van der Waals surface area contributed by atoms with Gasteiger partial charge in [0.2, 0.25) is 0 Å². The zero-order valence-corrected chi connectivity index (χ0v) is 39.5. The summed E-state index contributed by atoms with van der Waals surface area (Å²) in [5, 5.41) is 0. The van der Waals surface area contributed by atoms with E-state index in [4.69, 9.17) is 14.2 Å². The molecule has 1 atom stereocenters. The number of esters is 2. The molecule has 0 fully saturated rings. The summed E-state index contributed by atoms with van der Waals surface area (Å²) in [7, 11) is 0. The summed E-state index contributed by atoms with van der Waals surface area (Å²) in [6.45, 7) is 7.54. The van der Waals surface area contributed by atoms with Gasteiger partial charge >= 0.3 is 11.9 Å². The third kappa shape index (κ3) is 47.8. The Bertz CT molecular complexity index is 1130. The van der Waals surface area contributed by atoms with Crippen LogP contribution in [-0.2, 0) is 23.8 Å². The normalized spacial score (nSPS) is 12.9. The molecule has 1 unspecified atom stereocenters. The quantitative estimate of drug-likeness (QED) is 0.0347. The van der Waals surface area contributed by atoms with Crippen LogP contribution >= 0.6 is 0 Å². The minimum atomic E-state index is -0.557. The maximum atomic E-state index is 12.8. The minimum absolute atomic E-state index is 0.0642. The van der Waals surface area contributed by atoms with Gasteiger partial charge in [-0.1, -0.05) is 189 Å². The van der Waals surface area contributed by atoms with Crippen LogP contribution in [0, 0.1) is 0 Å². The molecule has 0 spiro atoms. The van der Waals surface area contributed by atoms with E-state index in [1.54, 1.807) is 0 Å². The zero-order valence-electron chi connectivity index (χ0n) is 39.5. The second-order valence-corrected chi connectivity index (χ2v) is 16.3. The molecule has 0 bridgehead atoms. The second-order valence-electron chi connectivity index (χ2n) is 16.3. The highest BCUT2D eigenvalue weighted by Gasteiger charge is 2.17. The number of hydrogen-bond donors (Lipinski definition) is 0. The Morgan fingerprint density at radius 3 is 1.22 bits per heavy atom. The van der Waals surface area contributed by atoms with Crippen LogP contribution in [0.15, 0.2) is 85.1 Å². The molecule has 344 valence electrons. The molecule has 0 saturated heterocycles. The van der Waals surface area contributed by atoms with Crippen LogP contribution in [0.2, 0.25) is 0 Å². The van der Waals surface area contributed by atoms with Crippen LogP contribution in [0.4, 0.5) is 0 Å². The molecule has 5 heteroatoms. The largest absolute Gasteiger partial charge is 0.462 e. The van der Waals surface area contributed by atoms with E-state index >= 15 is 0 Å². The van der Waals surface area contributed by atoms with Crippen molar-refractivity contribution < 1.29 is 23.8 Å². The number of allylic oxidation sites excluding steroid dienone is 14. The summed E-state index contributed by atoms with van der Waals surface area (Å²) in [6, 6.07) is 0. The molecule has 0 saturated carbocycles. The van der Waals surface area contributed by atoms with Gasteiger partial charge < -0.3 is 14.2 Å². The first kappa shape index (κ1) is 57.1. The third-order valence-corrected chi connectivity index (χ3v) is 10.4. The molecule has 5 nitrogen and oxygen atoms in total. The highest BCUT2D eigenvalue weighted by atomic mass is 16.6. The number of carbonyl (C=O) groups is 2. The van der Waals surface area contributed by atoms with Crippen molar-refractivity contribution in [2.45, 2.75) is 232 Å². The van der Waals surface area contributed by atoms with Crippen LogP contribution in [0.1, 0.15) is 226 Å². The van der Waals surface area contributed by atoms with Gasteiger partial charge in [-0.2, -0.15) is 0 Å². The predicted octanol–water partition coefficient (Wildman–Crippen LogP) is 16.9. The Balaban J connectivity index is 4.34. The van der Waals surface area contributed by atoms with E-state index in [0.29, 0.717) is 19.4 Å². The van der Waals surface area contributed by atoms with E-state index in [2.05, 4.69) is 106 Å². The lowest BCUT2D eigenvalue weighted by molar-refractivity contribution is -0.163. The van der Waals surface area contributed by atoms with Gasteiger partial charge in [-0.3, -0.25) is 9.59 Å². The van der Waals surface area contributed by atoms with Gasteiger partial charge in [-0.05, 0) is 109 Å². The smallest absolute Gasteiger partial charge is 0.306 e. The maximum Gasteiger partial charge on any atom is 0.306 e. The Kier molecular flexibility index (Phi) is 48.0. The average molecular weight is 835 g/mol. The summed E-state index contributed by atoms with van der Waals surface area (Å²) in [6.07, 6.45) is 65.8. The van der Waals surface area contributed by atoms with Crippen LogP contribution in [-0.4, -0.2) is 37.9 Å². The number of hydrogen-bond acceptors (Lipinski definition) is 5. The van der Waals surface area contributed by atoms with Crippen LogP contribution < -0.4 is 0 Å². The first-order chi connectivity index (χ1) is 29.6. The Morgan fingerprint density at radius 2 is 0.750 bits per heavy atom. The average Bonchev–Trinajstić information content (AvgIpc) is 3.25. The van der Waals surface area contributed by atoms with E-state index in [1.165, 1.54) is 83.5 Å². The summed E-state index contributed by atoms with van der Waals surface area (Å²) >= 11 is 0. The van der Waals surface area contributed by atoms with Gasteiger partial charge in [0.25, 0.3) is 0 Å². The first-order valence-electron chi connectivity index (χ1n) is 25.1. The fourth-order valence-corrected chi connectivity index (χ4v) is 6.71. The van der Waals surface area contributed by atoms with Gasteiger partial charge in [0.15, 0.2) is 6.10 Å². The third-order valence-electron chi connectivity index (χ3n) is 10.4. The van der Waals surface area contributed by atoms with E-state index in [9.17, 15) is 9.59 Å². The summed E-state index contributed by atoms with van der Waals surface area (Å²) < 4.78 is 17.4. The molecule has 0 radical (unpaired) electrons. The SMILES string of the molecule is CC/C=C\C/C=C\C/C=C\CCCCCCCCOCC(COC(=O)CCCCCCC/C=C\C/C=C\C/C=C\CC)OC(=O)CCCCCCC/C=C\CCCCCC. The lowest BCUT2D eigenvalue weighted by Gasteiger charge is -2.18. The van der Waals surface area contributed by atoms with Crippen molar-refractivity contribution >= 4 is 11.9 Å². The molecule has 0 rings (SSSR count). The Hall–Kier alpha value is -2.92. The molecular weight excluding hydrogens is 741 g/mol. The van der Waals surface area contributed by atoms with Crippen molar-refractivity contribution in [1.82, 2.24) is 0 Å². The molecule has 0 aliphatic carbocycles. The number of unbranched alkanes of at least 4 members (excludes halogenated alkanes) is 20. The predicted molar refractivity (Wildman–Crippen MR) is 260 cm³/mol. The molecule has 0 aromatic heterocycles. The molecule has 0 aromatic rings. The van der Waals surface area contributed by atoms with E-state index in [1.807, 2.05) is 0 Å². The number of rotatable bonds is 45. The fourth-order valence-electron chi connectivity index (χ4n) is 6.71. The molecule has 60 heavy (non-hydrogen) atoms. The summed E-state index contributed by atoms with van der Waals surface area (Å²) in [4.78, 5) is 25.4. The molecule has 0 heterocycles. The zero-order chi connectivity index (χ0) is 43.5. The lowest BCUT2D eigenvalue weighted by atomic mass is 10.1. The highest BCUT2D eigenvalue weighted by Crippen LogP contribution is 2.13. The van der Waals surface area contributed by atoms with Gasteiger partial charge in [0.1, 0.15) is 6.61 Å². The number of ether oxygens (including phenoxy) is 3. The van der Waals surface area contributed by atoms with Crippen molar-refractivity contribution in [2.75, 3.05) is 19.8 Å². The maximum absolute atomic E-state index is 12.8. The monoisotopic (exact) mass is 835 g/mol. The number of carbonyl (C=O) groups excluding carboxylic acids is 2. The first-order valence-corrected chi connectivity index (χ1v) is 25.1. The molecule has 0 N–H and O–H groups in total. The van der Waals surface area contributed by atoms with Gasteiger partial charge in [-0.15, -0.1) is 0 Å². The molecule has 0 aromatic carbocycles. The van der Waals surface area contributed by atoms with Gasteiger partial charge in [-0.25, -0.2) is 0 Å². The van der Waals surface area contributed by atoms with Crippen molar-refractivity contribution in [2.24, 2.45) is 0 Å². The van der Waals surface area contributed by atoms with Gasteiger partial charge in [0.05, 0.1) is 6.61 Å². The lowest BCUT2D eigenvalue weighted by Crippen LogP contribution is -2.30. The van der Waals surface area contributed by atoms with Crippen molar-refractivity contribution in [3.05, 3.63) is 85.1 Å². The molecule has 0 aliphatic heterocycles. The fraction of sp³-hybridized carbons (Fsp3) is 0.709. The minimum Gasteiger partial charge on any atom is -0.462 e. The van der Waals surface area contributed by atoms with Crippen molar-refractivity contribution in [1.29, 1.82) is 0 Å². The molecule has 0 aliphatic rings. The van der Waals surface area contributed by atoms with Crippen LogP contribution in [0.25, 0.3) is 0 Å². The van der Waals surface area contributed by atoms with Crippen LogP contribution in [0.3, 0.4) is 0 Å². The van der Waals surface area contributed by atoms with E-state index < -0.39 is 6.10 Å². The standard InChI is InChI=1S/C55H94O5/c1-4-7-10-13-16-19-22-25-27-29-32-35-38-41-44-47-50-58-51-53(60-55(57)49-46-43-40-37-34-30-24-21-18-15-12-9-6-3)52-59-54(56)48-45-42-39-36-33-31-28-26-23-20-17-14-11-8-5-2/h7-8,10-11,16-17,19-21,24-28,53H,4-6,9,12-15,18,22-23,29-52H2,1-3H3/b10-7-,11-8-,19-16-,20-17-,24-21-,27-25-,28-26-. The van der Waals surface area contributed by atoms with Crippen LogP contribution in [0.5, 0.6) is 0 Å². The van der Waals surface area contributed by atoms with Crippen molar-refractivity contribution in [3.63, 3.8) is 0 Å². The second kappa shape index (κ2) is 50.4. The van der Waals surface area contributed by atoms with Gasteiger partial charge in [0, 0.05) is 19.4 Å². The molecular formula is C55H94O5. The highest BCUT2D eigenvalue weighted by molar-refractivity contribution is 5.70. The summed E-state index contributed by atoms with van der Waals surface area (Å²) in [5.74, 6) is -0.436. The van der Waals surface area contributed by atoms with E-state index in [0.717, 1.165) is 109 Å². The topological polar surface area (TPSA) is 61.8 Å². The van der Waals surface area contributed by atoms with Crippen molar-refractivity contribution in [3.8, 4) is 0 Å². The summed E-state index contributed by atoms with van der Waals surface area (Å²) in [5.41, 5.74) is 0.